The molecule has 33 heavy (non-hydrogen) atoms. The van der Waals surface area contributed by atoms with Crippen LogP contribution in [0.25, 0.3) is 6.08 Å². The van der Waals surface area contributed by atoms with E-state index >= 15 is 0 Å². The highest BCUT2D eigenvalue weighted by molar-refractivity contribution is 7.89. The second-order valence-corrected chi connectivity index (χ2v) is 9.41. The van der Waals surface area contributed by atoms with Gasteiger partial charge in [-0.05, 0) is 54.5 Å². The summed E-state index contributed by atoms with van der Waals surface area (Å²) >= 11 is 0. The van der Waals surface area contributed by atoms with Crippen molar-refractivity contribution in [3.63, 3.8) is 0 Å². The Kier molecular flexibility index (Phi) is 8.76. The van der Waals surface area contributed by atoms with Gasteiger partial charge in [0.05, 0.1) is 30.3 Å². The van der Waals surface area contributed by atoms with Crippen molar-refractivity contribution < 1.29 is 27.5 Å². The molecule has 1 amide bonds. The average molecular weight is 473 g/mol. The molecule has 0 bridgehead atoms. The van der Waals surface area contributed by atoms with Crippen molar-refractivity contribution in [3.8, 4) is 0 Å². The molecule has 9 heteroatoms. The number of hydrogen-bond donors (Lipinski definition) is 1. The van der Waals surface area contributed by atoms with Crippen molar-refractivity contribution in [2.24, 2.45) is 0 Å². The summed E-state index contributed by atoms with van der Waals surface area (Å²) < 4.78 is 37.1. The minimum absolute atomic E-state index is 0.208. The molecule has 1 aliphatic heterocycles. The Morgan fingerprint density at radius 2 is 1.73 bits per heavy atom. The van der Waals surface area contributed by atoms with Gasteiger partial charge in [-0.25, -0.2) is 13.2 Å². The first kappa shape index (κ1) is 24.6. The maximum absolute atomic E-state index is 12.7. The first-order valence-corrected chi connectivity index (χ1v) is 12.3. The van der Waals surface area contributed by atoms with Crippen LogP contribution in [0.4, 0.5) is 5.69 Å². The highest BCUT2D eigenvalue weighted by Crippen LogP contribution is 2.18. The van der Waals surface area contributed by atoms with Crippen LogP contribution in [0.15, 0.2) is 59.5 Å². The third-order valence-electron chi connectivity index (χ3n) is 5.03. The zero-order valence-electron chi connectivity index (χ0n) is 18.5. The summed E-state index contributed by atoms with van der Waals surface area (Å²) in [5.41, 5.74) is 1.66. The number of morpholine rings is 1. The van der Waals surface area contributed by atoms with Gasteiger partial charge >= 0.3 is 5.97 Å². The minimum atomic E-state index is -3.55. The summed E-state index contributed by atoms with van der Waals surface area (Å²) in [7, 11) is -3.55. The predicted octanol–water partition coefficient (Wildman–Crippen LogP) is 3.32. The number of unbranched alkanes of at least 4 members (excludes halogenated alkanes) is 1. The molecular weight excluding hydrogens is 444 g/mol. The summed E-state index contributed by atoms with van der Waals surface area (Å²) in [4.78, 5) is 24.3. The summed E-state index contributed by atoms with van der Waals surface area (Å²) in [6, 6.07) is 12.8. The molecule has 1 N–H and O–H groups in total. The molecule has 1 aliphatic rings. The van der Waals surface area contributed by atoms with E-state index in [0.717, 1.165) is 12.8 Å². The fourth-order valence-electron chi connectivity index (χ4n) is 3.12. The van der Waals surface area contributed by atoms with Crippen molar-refractivity contribution in [2.45, 2.75) is 24.7 Å². The molecule has 0 aliphatic carbocycles. The Morgan fingerprint density at radius 1 is 1.06 bits per heavy atom. The van der Waals surface area contributed by atoms with Crippen molar-refractivity contribution in [2.75, 3.05) is 38.2 Å². The number of carbonyl (C=O) groups excluding carboxylic acids is 2. The van der Waals surface area contributed by atoms with Crippen LogP contribution in [0.1, 0.15) is 35.7 Å². The van der Waals surface area contributed by atoms with Crippen LogP contribution < -0.4 is 5.32 Å². The van der Waals surface area contributed by atoms with E-state index in [0.29, 0.717) is 49.7 Å². The smallest absolute Gasteiger partial charge is 0.338 e. The highest BCUT2D eigenvalue weighted by atomic mass is 32.2. The van der Waals surface area contributed by atoms with Crippen LogP contribution in [0.3, 0.4) is 0 Å². The standard InChI is InChI=1S/C24H28N2O6S/c1-2-3-16-32-24(28)20-7-9-21(10-8-20)25-23(27)13-6-19-4-11-22(12-5-19)33(29,30)26-14-17-31-18-15-26/h4-13H,2-3,14-18H2,1H3,(H,25,27)/b13-6+. The van der Waals surface area contributed by atoms with Crippen molar-refractivity contribution in [3.05, 3.63) is 65.7 Å². The molecule has 3 rings (SSSR count). The lowest BCUT2D eigenvalue weighted by molar-refractivity contribution is -0.111. The van der Waals surface area contributed by atoms with Gasteiger partial charge in [0.25, 0.3) is 0 Å². The fraction of sp³-hybridized carbons (Fsp3) is 0.333. The van der Waals surface area contributed by atoms with E-state index in [1.807, 2.05) is 6.92 Å². The van der Waals surface area contributed by atoms with Crippen LogP contribution in [0.5, 0.6) is 0 Å². The van der Waals surface area contributed by atoms with Crippen molar-refractivity contribution in [1.82, 2.24) is 4.31 Å². The molecule has 1 fully saturated rings. The number of rotatable bonds is 9. The quantitative estimate of drug-likeness (QED) is 0.341. The Hall–Kier alpha value is -3.01. The van der Waals surface area contributed by atoms with Crippen LogP contribution >= 0.6 is 0 Å². The molecule has 2 aromatic carbocycles. The number of carbonyl (C=O) groups is 2. The molecule has 1 saturated heterocycles. The summed E-state index contributed by atoms with van der Waals surface area (Å²) in [6.45, 7) is 3.86. The Morgan fingerprint density at radius 3 is 2.36 bits per heavy atom. The number of sulfonamides is 1. The van der Waals surface area contributed by atoms with Gasteiger partial charge in [0.15, 0.2) is 0 Å². The maximum atomic E-state index is 12.7. The van der Waals surface area contributed by atoms with Gasteiger partial charge in [-0.3, -0.25) is 4.79 Å². The third kappa shape index (κ3) is 6.98. The lowest BCUT2D eigenvalue weighted by atomic mass is 10.2. The fourth-order valence-corrected chi connectivity index (χ4v) is 4.53. The number of esters is 1. The number of ether oxygens (including phenoxy) is 2. The first-order chi connectivity index (χ1) is 15.9. The highest BCUT2D eigenvalue weighted by Gasteiger charge is 2.25. The maximum Gasteiger partial charge on any atom is 0.338 e. The summed E-state index contributed by atoms with van der Waals surface area (Å²) in [5, 5.41) is 2.72. The van der Waals surface area contributed by atoms with Crippen molar-refractivity contribution in [1.29, 1.82) is 0 Å². The number of benzene rings is 2. The van der Waals surface area contributed by atoms with E-state index in [4.69, 9.17) is 9.47 Å². The largest absolute Gasteiger partial charge is 0.462 e. The molecule has 0 saturated carbocycles. The normalized spacial score (nSPS) is 14.8. The number of hydrogen-bond acceptors (Lipinski definition) is 6. The zero-order chi connectivity index (χ0) is 23.7. The van der Waals surface area contributed by atoms with Gasteiger partial charge in [0.2, 0.25) is 15.9 Å². The Balaban J connectivity index is 1.54. The first-order valence-electron chi connectivity index (χ1n) is 10.8. The van der Waals surface area contributed by atoms with E-state index in [1.165, 1.54) is 22.5 Å². The monoisotopic (exact) mass is 472 g/mol. The zero-order valence-corrected chi connectivity index (χ0v) is 19.3. The van der Waals surface area contributed by atoms with Gasteiger partial charge in [0.1, 0.15) is 0 Å². The number of amides is 1. The van der Waals surface area contributed by atoms with Crippen molar-refractivity contribution >= 4 is 33.7 Å². The average Bonchev–Trinajstić information content (AvgIpc) is 2.84. The van der Waals surface area contributed by atoms with E-state index in [1.54, 1.807) is 42.5 Å². The molecule has 2 aromatic rings. The van der Waals surface area contributed by atoms with Crippen LogP contribution in [0.2, 0.25) is 0 Å². The van der Waals surface area contributed by atoms with E-state index in [-0.39, 0.29) is 16.8 Å². The molecule has 1 heterocycles. The number of anilines is 1. The molecular formula is C24H28N2O6S. The van der Waals surface area contributed by atoms with Gasteiger partial charge in [-0.1, -0.05) is 25.5 Å². The molecule has 0 atom stereocenters. The molecule has 176 valence electrons. The van der Waals surface area contributed by atoms with E-state index < -0.39 is 10.0 Å². The van der Waals surface area contributed by atoms with Crippen LogP contribution in [-0.4, -0.2) is 57.5 Å². The molecule has 8 nitrogen and oxygen atoms in total. The SMILES string of the molecule is CCCCOC(=O)c1ccc(NC(=O)/C=C/c2ccc(S(=O)(=O)N3CCOCC3)cc2)cc1. The minimum Gasteiger partial charge on any atom is -0.462 e. The van der Waals surface area contributed by atoms with Crippen LogP contribution in [0, 0.1) is 0 Å². The molecule has 0 unspecified atom stereocenters. The molecule has 0 spiro atoms. The lowest BCUT2D eigenvalue weighted by Crippen LogP contribution is -2.40. The second-order valence-electron chi connectivity index (χ2n) is 7.47. The Bertz CT molecular complexity index is 1070. The van der Waals surface area contributed by atoms with Gasteiger partial charge in [-0.15, -0.1) is 0 Å². The topological polar surface area (TPSA) is 102 Å². The summed E-state index contributed by atoms with van der Waals surface area (Å²) in [6.07, 6.45) is 4.72. The van der Waals surface area contributed by atoms with Gasteiger partial charge < -0.3 is 14.8 Å². The van der Waals surface area contributed by atoms with E-state index in [2.05, 4.69) is 5.32 Å². The number of nitrogens with zero attached hydrogens (tertiary/aromatic N) is 1. The summed E-state index contributed by atoms with van der Waals surface area (Å²) in [5.74, 6) is -0.737. The Labute approximate surface area is 194 Å². The number of nitrogens with one attached hydrogen (secondary N) is 1. The third-order valence-corrected chi connectivity index (χ3v) is 6.95. The molecule has 0 aromatic heterocycles. The second kappa shape index (κ2) is 11.7. The molecule has 0 radical (unpaired) electrons. The lowest BCUT2D eigenvalue weighted by Gasteiger charge is -2.26. The predicted molar refractivity (Wildman–Crippen MR) is 125 cm³/mol. The van der Waals surface area contributed by atoms with Gasteiger partial charge in [-0.2, -0.15) is 4.31 Å². The van der Waals surface area contributed by atoms with Crippen LogP contribution in [-0.2, 0) is 24.3 Å². The van der Waals surface area contributed by atoms with E-state index in [9.17, 15) is 18.0 Å². The van der Waals surface area contributed by atoms with Gasteiger partial charge in [0, 0.05) is 24.9 Å².